The Kier molecular flexibility index (Phi) is 3.75. The van der Waals surface area contributed by atoms with Crippen LogP contribution in [0.4, 0.5) is 5.69 Å². The van der Waals surface area contributed by atoms with Crippen LogP contribution in [0.3, 0.4) is 0 Å². The van der Waals surface area contributed by atoms with Gasteiger partial charge in [0.15, 0.2) is 0 Å². The number of allylic oxidation sites excluding steroid dienone is 1. The van der Waals surface area contributed by atoms with Gasteiger partial charge in [0.05, 0.1) is 16.4 Å². The Labute approximate surface area is 152 Å². The molecule has 3 aromatic rings. The molecule has 25 heavy (non-hydrogen) atoms. The molecule has 1 aliphatic heterocycles. The molecule has 0 aliphatic carbocycles. The van der Waals surface area contributed by atoms with Crippen LogP contribution in [0, 0.1) is 0 Å². The van der Waals surface area contributed by atoms with E-state index in [-0.39, 0.29) is 11.6 Å². The summed E-state index contributed by atoms with van der Waals surface area (Å²) in [6.45, 7) is 0. The van der Waals surface area contributed by atoms with Gasteiger partial charge in [0, 0.05) is 22.4 Å². The van der Waals surface area contributed by atoms with Crippen LogP contribution in [0.25, 0.3) is 17.3 Å². The number of halogens is 2. The van der Waals surface area contributed by atoms with E-state index in [1.165, 1.54) is 4.57 Å². The molecule has 124 valence electrons. The lowest BCUT2D eigenvalue weighted by Crippen LogP contribution is -2.14. The average Bonchev–Trinajstić information content (AvgIpc) is 3.10. The first-order valence-corrected chi connectivity index (χ1v) is 8.15. The van der Waals surface area contributed by atoms with Crippen molar-refractivity contribution in [1.29, 1.82) is 0 Å². The third-order valence-electron chi connectivity index (χ3n) is 3.88. The van der Waals surface area contributed by atoms with E-state index in [4.69, 9.17) is 23.2 Å². The second-order valence-corrected chi connectivity index (χ2v) is 6.32. The van der Waals surface area contributed by atoms with E-state index < -0.39 is 5.69 Å². The van der Waals surface area contributed by atoms with Gasteiger partial charge >= 0.3 is 5.69 Å². The van der Waals surface area contributed by atoms with Crippen LogP contribution in [-0.4, -0.2) is 20.9 Å². The molecule has 0 saturated carbocycles. The van der Waals surface area contributed by atoms with Crippen molar-refractivity contribution in [1.82, 2.24) is 9.55 Å². The van der Waals surface area contributed by atoms with Crippen molar-refractivity contribution in [3.63, 3.8) is 0 Å². The highest BCUT2D eigenvalue weighted by Crippen LogP contribution is 2.40. The van der Waals surface area contributed by atoms with Gasteiger partial charge in [-0.2, -0.15) is 0 Å². The van der Waals surface area contributed by atoms with Crippen molar-refractivity contribution in [3.05, 3.63) is 74.3 Å². The Morgan fingerprint density at radius 3 is 2.68 bits per heavy atom. The number of aromatic nitrogens is 2. The number of benzene rings is 2. The van der Waals surface area contributed by atoms with Crippen LogP contribution >= 0.6 is 23.2 Å². The van der Waals surface area contributed by atoms with E-state index >= 15 is 0 Å². The van der Waals surface area contributed by atoms with Crippen LogP contribution < -0.4 is 5.69 Å². The van der Waals surface area contributed by atoms with Crippen molar-refractivity contribution >= 4 is 46.8 Å². The Bertz CT molecular complexity index is 1100. The maximum Gasteiger partial charge on any atom is 0.333 e. The predicted molar refractivity (Wildman–Crippen MR) is 101 cm³/mol. The number of aromatic hydroxyl groups is 1. The normalized spacial score (nSPS) is 14.2. The largest absolute Gasteiger partial charge is 0.493 e. The van der Waals surface area contributed by atoms with Crippen molar-refractivity contribution in [2.75, 3.05) is 0 Å². The van der Waals surface area contributed by atoms with Crippen molar-refractivity contribution in [2.45, 2.75) is 0 Å². The monoisotopic (exact) mass is 371 g/mol. The smallest absolute Gasteiger partial charge is 0.333 e. The first-order chi connectivity index (χ1) is 12.0. The van der Waals surface area contributed by atoms with Gasteiger partial charge in [-0.05, 0) is 30.3 Å². The molecule has 2 heterocycles. The zero-order valence-corrected chi connectivity index (χ0v) is 14.2. The van der Waals surface area contributed by atoms with Gasteiger partial charge in [0.2, 0.25) is 5.88 Å². The number of hydrogen-bond donors (Lipinski definition) is 2. The molecular formula is C18H11Cl2N3O2. The van der Waals surface area contributed by atoms with E-state index in [9.17, 15) is 9.90 Å². The van der Waals surface area contributed by atoms with E-state index in [1.807, 2.05) is 6.07 Å². The maximum atomic E-state index is 12.2. The third kappa shape index (κ3) is 2.67. The summed E-state index contributed by atoms with van der Waals surface area (Å²) in [5.41, 5.74) is 2.43. The molecule has 4 rings (SSSR count). The molecular weight excluding hydrogens is 361 g/mol. The van der Waals surface area contributed by atoms with E-state index in [2.05, 4.69) is 9.98 Å². The van der Waals surface area contributed by atoms with Crippen molar-refractivity contribution < 1.29 is 5.11 Å². The number of fused-ring (bicyclic) bond motifs is 1. The molecule has 1 aliphatic rings. The fourth-order valence-corrected chi connectivity index (χ4v) is 3.37. The number of rotatable bonds is 2. The quantitative estimate of drug-likeness (QED) is 0.699. The van der Waals surface area contributed by atoms with Crippen LogP contribution in [-0.2, 0) is 0 Å². The standard InChI is InChI=1S/C18H11Cl2N3O2/c19-11-7-13(20)16-10(9-21-14(16)8-11)6-15-17(24)23(18(25)22-15)12-4-2-1-3-5-12/h1-9,24H,(H,22,25). The average molecular weight is 372 g/mol. The highest BCUT2D eigenvalue weighted by atomic mass is 35.5. The molecule has 0 amide bonds. The molecule has 7 heteroatoms. The number of nitrogens with one attached hydrogen (secondary N) is 1. The lowest BCUT2D eigenvalue weighted by molar-refractivity contribution is 0.440. The van der Waals surface area contributed by atoms with Crippen LogP contribution in [0.2, 0.25) is 10.0 Å². The van der Waals surface area contributed by atoms with Gasteiger partial charge in [-0.15, -0.1) is 0 Å². The summed E-state index contributed by atoms with van der Waals surface area (Å²) in [6.07, 6.45) is 3.25. The summed E-state index contributed by atoms with van der Waals surface area (Å²) in [4.78, 5) is 19.2. The van der Waals surface area contributed by atoms with Crippen molar-refractivity contribution in [2.24, 2.45) is 4.99 Å². The molecule has 0 bridgehead atoms. The molecule has 5 nitrogen and oxygen atoms in total. The molecule has 0 radical (unpaired) electrons. The van der Waals surface area contributed by atoms with Gasteiger partial charge in [-0.3, -0.25) is 4.99 Å². The zero-order chi connectivity index (χ0) is 17.6. The number of aromatic amines is 1. The van der Waals surface area contributed by atoms with Crippen LogP contribution in [0.5, 0.6) is 5.88 Å². The number of nitrogens with zero attached hydrogens (tertiary/aromatic N) is 2. The van der Waals surface area contributed by atoms with Crippen LogP contribution in [0.15, 0.2) is 52.3 Å². The van der Waals surface area contributed by atoms with E-state index in [1.54, 1.807) is 48.7 Å². The second kappa shape index (κ2) is 5.95. The molecule has 0 unspecified atom stereocenters. The number of aliphatic imine (C=N–C) groups is 1. The summed E-state index contributed by atoms with van der Waals surface area (Å²) < 4.78 is 1.20. The fraction of sp³-hybridized carbons (Fsp3) is 0. The molecule has 1 aromatic heterocycles. The Hall–Kier alpha value is -2.76. The minimum Gasteiger partial charge on any atom is -0.493 e. The summed E-state index contributed by atoms with van der Waals surface area (Å²) >= 11 is 12.2. The summed E-state index contributed by atoms with van der Waals surface area (Å²) in [5.74, 6) is -0.185. The SMILES string of the molecule is O=c1[nH]c(C=C2C=Nc3cc(Cl)cc(Cl)c32)c(O)n1-c1ccccc1. The minimum absolute atomic E-state index is 0.185. The van der Waals surface area contributed by atoms with Gasteiger partial charge in [-0.25, -0.2) is 9.36 Å². The zero-order valence-electron chi connectivity index (χ0n) is 12.7. The Morgan fingerprint density at radius 1 is 1.16 bits per heavy atom. The van der Waals surface area contributed by atoms with Crippen molar-refractivity contribution in [3.8, 4) is 11.6 Å². The van der Waals surface area contributed by atoms with Gasteiger partial charge in [0.25, 0.3) is 0 Å². The van der Waals surface area contributed by atoms with E-state index in [0.717, 1.165) is 0 Å². The lowest BCUT2D eigenvalue weighted by Gasteiger charge is -2.04. The number of hydrogen-bond acceptors (Lipinski definition) is 3. The molecule has 0 atom stereocenters. The maximum absolute atomic E-state index is 12.2. The highest BCUT2D eigenvalue weighted by Gasteiger charge is 2.19. The summed E-state index contributed by atoms with van der Waals surface area (Å²) in [5, 5.41) is 11.4. The summed E-state index contributed by atoms with van der Waals surface area (Å²) in [7, 11) is 0. The first-order valence-electron chi connectivity index (χ1n) is 7.39. The Balaban J connectivity index is 1.84. The fourth-order valence-electron chi connectivity index (χ4n) is 2.78. The molecule has 0 saturated heterocycles. The molecule has 0 spiro atoms. The van der Waals surface area contributed by atoms with Gasteiger partial charge in [0.1, 0.15) is 5.69 Å². The molecule has 2 aromatic carbocycles. The van der Waals surface area contributed by atoms with Gasteiger partial charge < -0.3 is 10.1 Å². The second-order valence-electron chi connectivity index (χ2n) is 5.48. The predicted octanol–water partition coefficient (Wildman–Crippen LogP) is 4.43. The van der Waals surface area contributed by atoms with Crippen LogP contribution in [0.1, 0.15) is 11.3 Å². The molecule has 0 fully saturated rings. The minimum atomic E-state index is -0.437. The topological polar surface area (TPSA) is 70.4 Å². The summed E-state index contributed by atoms with van der Waals surface area (Å²) in [6, 6.07) is 12.2. The highest BCUT2D eigenvalue weighted by molar-refractivity contribution is 6.39. The first kappa shape index (κ1) is 15.7. The lowest BCUT2D eigenvalue weighted by atomic mass is 10.1. The number of para-hydroxylation sites is 1. The number of imidazole rings is 1. The van der Waals surface area contributed by atoms with Gasteiger partial charge in [-0.1, -0.05) is 41.4 Å². The molecule has 2 N–H and O–H groups in total. The third-order valence-corrected chi connectivity index (χ3v) is 4.39. The Morgan fingerprint density at radius 2 is 1.92 bits per heavy atom. The van der Waals surface area contributed by atoms with E-state index in [0.29, 0.717) is 32.6 Å². The number of H-pyrrole nitrogens is 1.